The largest absolute Gasteiger partial charge is 0.339 e. The van der Waals surface area contributed by atoms with Crippen LogP contribution in [-0.2, 0) is 4.79 Å². The molecule has 0 radical (unpaired) electrons. The van der Waals surface area contributed by atoms with E-state index in [0.717, 1.165) is 5.56 Å². The van der Waals surface area contributed by atoms with Gasteiger partial charge in [-0.1, -0.05) is 36.4 Å². The van der Waals surface area contributed by atoms with E-state index in [2.05, 4.69) is 0 Å². The highest BCUT2D eigenvalue weighted by molar-refractivity contribution is 7.80. The summed E-state index contributed by atoms with van der Waals surface area (Å²) in [7, 11) is 0. The van der Waals surface area contributed by atoms with Crippen LogP contribution in [0.4, 0.5) is 11.4 Å². The number of thiocarbonyl (C=S) groups is 1. The first-order valence-corrected chi connectivity index (χ1v) is 8.75. The lowest BCUT2D eigenvalue weighted by molar-refractivity contribution is -0.384. The predicted molar refractivity (Wildman–Crippen MR) is 104 cm³/mol. The van der Waals surface area contributed by atoms with Crippen LogP contribution in [-0.4, -0.2) is 26.9 Å². The van der Waals surface area contributed by atoms with Gasteiger partial charge in [-0.25, -0.2) is 0 Å². The first-order chi connectivity index (χ1) is 12.4. The molecule has 0 aliphatic carbocycles. The monoisotopic (exact) mass is 369 g/mol. The molecule has 6 nitrogen and oxygen atoms in total. The number of carbonyl (C=O) groups excluding carboxylic acids is 1. The lowest BCUT2D eigenvalue weighted by Crippen LogP contribution is -2.56. The molecule has 1 heterocycles. The Kier molecular flexibility index (Phi) is 4.99. The molecule has 1 amide bonds. The number of hydrogen-bond acceptors (Lipinski definition) is 4. The Balaban J connectivity index is 1.97. The van der Waals surface area contributed by atoms with Crippen molar-refractivity contribution in [3.8, 4) is 0 Å². The summed E-state index contributed by atoms with van der Waals surface area (Å²) >= 11 is 5.63. The zero-order chi connectivity index (χ0) is 18.8. The zero-order valence-electron chi connectivity index (χ0n) is 14.5. The smallest absolute Gasteiger partial charge is 0.271 e. The maximum absolute atomic E-state index is 12.6. The molecule has 2 aromatic rings. The van der Waals surface area contributed by atoms with Crippen LogP contribution in [0.5, 0.6) is 0 Å². The van der Waals surface area contributed by atoms with Crippen molar-refractivity contribution in [3.05, 3.63) is 70.3 Å². The summed E-state index contributed by atoms with van der Waals surface area (Å²) in [5.74, 6) is -0.153. The Hall–Kier alpha value is -2.80. The van der Waals surface area contributed by atoms with Gasteiger partial charge in [-0.2, -0.15) is 0 Å². The average molecular weight is 369 g/mol. The summed E-state index contributed by atoms with van der Waals surface area (Å²) in [5, 5.41) is 11.4. The molecular weight excluding hydrogens is 350 g/mol. The zero-order valence-corrected chi connectivity index (χ0v) is 15.3. The van der Waals surface area contributed by atoms with E-state index in [1.54, 1.807) is 12.1 Å². The van der Waals surface area contributed by atoms with Crippen LogP contribution < -0.4 is 4.90 Å². The van der Waals surface area contributed by atoms with Gasteiger partial charge in [0.05, 0.1) is 16.7 Å². The predicted octanol–water partition coefficient (Wildman–Crippen LogP) is 4.07. The van der Waals surface area contributed by atoms with Crippen LogP contribution in [0.15, 0.2) is 54.6 Å². The first kappa shape index (κ1) is 18.0. The van der Waals surface area contributed by atoms with Gasteiger partial charge < -0.3 is 4.90 Å². The van der Waals surface area contributed by atoms with Crippen LogP contribution in [0.3, 0.4) is 0 Å². The summed E-state index contributed by atoms with van der Waals surface area (Å²) in [5.41, 5.74) is 1.45. The number of carbonyl (C=O) groups is 1. The van der Waals surface area contributed by atoms with E-state index >= 15 is 0 Å². The van der Waals surface area contributed by atoms with E-state index in [4.69, 9.17) is 12.2 Å². The molecular formula is C19H19N3O3S. The van der Waals surface area contributed by atoms with Crippen molar-refractivity contribution in [3.63, 3.8) is 0 Å². The molecule has 26 heavy (non-hydrogen) atoms. The fourth-order valence-corrected chi connectivity index (χ4v) is 3.84. The van der Waals surface area contributed by atoms with Crippen molar-refractivity contribution < 1.29 is 9.72 Å². The molecule has 1 saturated heterocycles. The minimum Gasteiger partial charge on any atom is -0.339 e. The Morgan fingerprint density at radius 2 is 1.88 bits per heavy atom. The average Bonchev–Trinajstić information content (AvgIpc) is 2.62. The second-order valence-electron chi connectivity index (χ2n) is 6.34. The van der Waals surface area contributed by atoms with Gasteiger partial charge in [0.15, 0.2) is 5.11 Å². The van der Waals surface area contributed by atoms with E-state index in [1.165, 1.54) is 17.0 Å². The molecule has 0 spiro atoms. The normalized spacial score (nSPS) is 18.8. The minimum atomic E-state index is -0.478. The molecule has 2 atom stereocenters. The highest BCUT2D eigenvalue weighted by Crippen LogP contribution is 2.32. The van der Waals surface area contributed by atoms with Gasteiger partial charge in [0.25, 0.3) is 5.69 Å². The highest BCUT2D eigenvalue weighted by Gasteiger charge is 2.37. The van der Waals surface area contributed by atoms with Crippen LogP contribution >= 0.6 is 12.2 Å². The third-order valence-corrected chi connectivity index (χ3v) is 5.00. The number of rotatable bonds is 4. The summed E-state index contributed by atoms with van der Waals surface area (Å²) in [6.07, 6.45) is 0.292. The molecule has 1 aliphatic rings. The molecule has 0 N–H and O–H groups in total. The molecule has 0 bridgehead atoms. The third kappa shape index (κ3) is 3.30. The third-order valence-electron chi connectivity index (χ3n) is 4.60. The molecule has 7 heteroatoms. The van der Waals surface area contributed by atoms with Gasteiger partial charge in [-0.15, -0.1) is 0 Å². The lowest BCUT2D eigenvalue weighted by atomic mass is 10.0. The topological polar surface area (TPSA) is 66.7 Å². The number of nitro benzene ring substituents is 1. The number of anilines is 1. The summed E-state index contributed by atoms with van der Waals surface area (Å²) in [4.78, 5) is 26.7. The summed E-state index contributed by atoms with van der Waals surface area (Å²) < 4.78 is 0. The second kappa shape index (κ2) is 7.21. The number of nitro groups is 1. The van der Waals surface area contributed by atoms with E-state index in [0.29, 0.717) is 17.2 Å². The van der Waals surface area contributed by atoms with Gasteiger partial charge in [0.2, 0.25) is 5.91 Å². The summed E-state index contributed by atoms with van der Waals surface area (Å²) in [6, 6.07) is 15.9. The van der Waals surface area contributed by atoms with E-state index in [1.807, 2.05) is 49.1 Å². The Labute approximate surface area is 157 Å². The van der Waals surface area contributed by atoms with Crippen molar-refractivity contribution in [2.75, 3.05) is 4.90 Å². The van der Waals surface area contributed by atoms with Crippen LogP contribution in [0.2, 0.25) is 0 Å². The SMILES string of the molecule is C[C@@H]1CC(=O)N(c2cccc([N+](=O)[O-])c2)C(=S)N1[C@@H](C)c1ccccc1. The summed E-state index contributed by atoms with van der Waals surface area (Å²) in [6.45, 7) is 4.01. The molecule has 3 rings (SSSR count). The van der Waals surface area contributed by atoms with Gasteiger partial charge in [0, 0.05) is 24.6 Å². The molecule has 0 saturated carbocycles. The molecule has 0 aromatic heterocycles. The maximum Gasteiger partial charge on any atom is 0.271 e. The molecule has 0 unspecified atom stereocenters. The number of benzene rings is 2. The molecule has 134 valence electrons. The number of non-ortho nitro benzene ring substituents is 1. The van der Waals surface area contributed by atoms with Gasteiger partial charge in [0.1, 0.15) is 0 Å². The van der Waals surface area contributed by atoms with E-state index in [9.17, 15) is 14.9 Å². The maximum atomic E-state index is 12.6. The van der Waals surface area contributed by atoms with E-state index < -0.39 is 4.92 Å². The van der Waals surface area contributed by atoms with Crippen molar-refractivity contribution in [2.24, 2.45) is 0 Å². The van der Waals surface area contributed by atoms with Gasteiger partial charge in [-0.05, 0) is 37.7 Å². The molecule has 2 aromatic carbocycles. The van der Waals surface area contributed by atoms with Crippen molar-refractivity contribution in [2.45, 2.75) is 32.4 Å². The number of amides is 1. The van der Waals surface area contributed by atoms with Crippen molar-refractivity contribution in [1.82, 2.24) is 4.90 Å². The van der Waals surface area contributed by atoms with Crippen LogP contribution in [0.1, 0.15) is 31.9 Å². The Bertz CT molecular complexity index is 856. The van der Waals surface area contributed by atoms with Crippen molar-refractivity contribution in [1.29, 1.82) is 0 Å². The molecule has 1 aliphatic heterocycles. The van der Waals surface area contributed by atoms with Crippen LogP contribution in [0.25, 0.3) is 0 Å². The quantitative estimate of drug-likeness (QED) is 0.462. The lowest BCUT2D eigenvalue weighted by Gasteiger charge is -2.44. The minimum absolute atomic E-state index is 0.0204. The van der Waals surface area contributed by atoms with Gasteiger partial charge in [-0.3, -0.25) is 19.8 Å². The number of nitrogens with zero attached hydrogens (tertiary/aromatic N) is 3. The fourth-order valence-electron chi connectivity index (χ4n) is 3.29. The standard InChI is InChI=1S/C19H19N3O3S/c1-13-11-18(23)21(16-9-6-10-17(12-16)22(24)25)19(26)20(13)14(2)15-7-4-3-5-8-15/h3-10,12-14H,11H2,1-2H3/t13-,14+/m1/s1. The molecule has 1 fully saturated rings. The number of hydrogen-bond donors (Lipinski definition) is 0. The van der Waals surface area contributed by atoms with Gasteiger partial charge >= 0.3 is 0 Å². The second-order valence-corrected chi connectivity index (χ2v) is 6.70. The van der Waals surface area contributed by atoms with Crippen LogP contribution in [0, 0.1) is 10.1 Å². The van der Waals surface area contributed by atoms with Crippen molar-refractivity contribution >= 4 is 34.6 Å². The van der Waals surface area contributed by atoms with E-state index in [-0.39, 0.29) is 23.7 Å². The first-order valence-electron chi connectivity index (χ1n) is 8.35. The Morgan fingerprint density at radius 3 is 2.54 bits per heavy atom. The highest BCUT2D eigenvalue weighted by atomic mass is 32.1. The Morgan fingerprint density at radius 1 is 1.19 bits per heavy atom. The fraction of sp³-hybridized carbons (Fsp3) is 0.263.